The Kier molecular flexibility index (Phi) is 4.06. The predicted octanol–water partition coefficient (Wildman–Crippen LogP) is 2.41. The van der Waals surface area contributed by atoms with Crippen molar-refractivity contribution in [3.05, 3.63) is 0 Å². The molecule has 3 heteroatoms. The minimum absolute atomic E-state index is 0.135. The van der Waals surface area contributed by atoms with Gasteiger partial charge in [-0.05, 0) is 13.3 Å². The average Bonchev–Trinajstić information content (AvgIpc) is 2.85. The predicted molar refractivity (Wildman–Crippen MR) is 51.7 cm³/mol. The Morgan fingerprint density at radius 1 is 1.46 bits per heavy atom. The minimum atomic E-state index is -0.135. The number of nitrogens with zero attached hydrogens (tertiary/aromatic N) is 1. The van der Waals surface area contributed by atoms with E-state index in [1.54, 1.807) is 4.90 Å². The molecule has 1 amide bonds. The average molecular weight is 185 g/mol. The normalized spacial score (nSPS) is 20.2. The first-order valence-corrected chi connectivity index (χ1v) is 5.23. The van der Waals surface area contributed by atoms with Crippen LogP contribution in [-0.2, 0) is 4.74 Å². The summed E-state index contributed by atoms with van der Waals surface area (Å²) in [5, 5.41) is 0. The fourth-order valence-electron chi connectivity index (χ4n) is 1.49. The smallest absolute Gasteiger partial charge is 0.410 e. The summed E-state index contributed by atoms with van der Waals surface area (Å²) in [4.78, 5) is 13.0. The lowest BCUT2D eigenvalue weighted by Crippen LogP contribution is -2.14. The molecule has 1 aliphatic heterocycles. The highest BCUT2D eigenvalue weighted by atomic mass is 16.6. The van der Waals surface area contributed by atoms with Gasteiger partial charge in [-0.25, -0.2) is 4.79 Å². The van der Waals surface area contributed by atoms with E-state index in [2.05, 4.69) is 6.92 Å². The summed E-state index contributed by atoms with van der Waals surface area (Å²) in [5.74, 6) is 0. The summed E-state index contributed by atoms with van der Waals surface area (Å²) in [6, 6.07) is 0.477. The second kappa shape index (κ2) is 5.10. The summed E-state index contributed by atoms with van der Waals surface area (Å²) < 4.78 is 4.89. The van der Waals surface area contributed by atoms with Gasteiger partial charge in [0.1, 0.15) is 0 Å². The van der Waals surface area contributed by atoms with Crippen LogP contribution < -0.4 is 0 Å². The summed E-state index contributed by atoms with van der Waals surface area (Å²) in [6.07, 6.45) is 4.76. The van der Waals surface area contributed by atoms with Crippen molar-refractivity contribution in [2.24, 2.45) is 0 Å². The van der Waals surface area contributed by atoms with Crippen molar-refractivity contribution in [2.45, 2.75) is 45.6 Å². The molecule has 0 spiro atoms. The molecule has 0 saturated carbocycles. The third-order valence-corrected chi connectivity index (χ3v) is 2.36. The van der Waals surface area contributed by atoms with Crippen LogP contribution in [0, 0.1) is 0 Å². The Bertz CT molecular complexity index is 170. The van der Waals surface area contributed by atoms with Gasteiger partial charge in [-0.15, -0.1) is 0 Å². The van der Waals surface area contributed by atoms with Gasteiger partial charge in [0.2, 0.25) is 0 Å². The van der Waals surface area contributed by atoms with Crippen molar-refractivity contribution in [3.8, 4) is 0 Å². The highest BCUT2D eigenvalue weighted by Crippen LogP contribution is 2.24. The van der Waals surface area contributed by atoms with Gasteiger partial charge in [-0.1, -0.05) is 26.2 Å². The number of amides is 1. The van der Waals surface area contributed by atoms with Crippen molar-refractivity contribution in [2.75, 3.05) is 13.2 Å². The SMILES string of the molecule is CCCCCC1CN1C(=O)OCC. The van der Waals surface area contributed by atoms with E-state index in [0.717, 1.165) is 13.0 Å². The highest BCUT2D eigenvalue weighted by molar-refractivity contribution is 5.70. The fourth-order valence-corrected chi connectivity index (χ4v) is 1.49. The van der Waals surface area contributed by atoms with Crippen molar-refractivity contribution in [1.82, 2.24) is 4.90 Å². The van der Waals surface area contributed by atoms with Crippen LogP contribution in [0.25, 0.3) is 0 Å². The molecule has 0 aromatic rings. The van der Waals surface area contributed by atoms with Gasteiger partial charge in [0, 0.05) is 6.54 Å². The van der Waals surface area contributed by atoms with E-state index in [1.165, 1.54) is 19.3 Å². The first kappa shape index (κ1) is 10.4. The number of carbonyl (C=O) groups is 1. The standard InChI is InChI=1S/C10H19NO2/c1-3-5-6-7-9-8-11(9)10(12)13-4-2/h9H,3-8H2,1-2H3. The third kappa shape index (κ3) is 3.25. The van der Waals surface area contributed by atoms with Crippen molar-refractivity contribution >= 4 is 6.09 Å². The Balaban J connectivity index is 2.04. The van der Waals surface area contributed by atoms with Crippen LogP contribution >= 0.6 is 0 Å². The van der Waals surface area contributed by atoms with E-state index < -0.39 is 0 Å². The van der Waals surface area contributed by atoms with E-state index in [0.29, 0.717) is 12.6 Å². The zero-order valence-corrected chi connectivity index (χ0v) is 8.58. The molecule has 0 bridgehead atoms. The van der Waals surface area contributed by atoms with Gasteiger partial charge in [0.15, 0.2) is 0 Å². The number of hydrogen-bond acceptors (Lipinski definition) is 2. The van der Waals surface area contributed by atoms with Crippen molar-refractivity contribution in [3.63, 3.8) is 0 Å². The molecule has 1 fully saturated rings. The molecule has 0 aromatic heterocycles. The number of unbranched alkanes of at least 4 members (excludes halogenated alkanes) is 2. The van der Waals surface area contributed by atoms with Crippen LogP contribution in [0.2, 0.25) is 0 Å². The molecule has 0 radical (unpaired) electrons. The Labute approximate surface area is 80.1 Å². The molecule has 0 N–H and O–H groups in total. The molecule has 1 saturated heterocycles. The monoisotopic (exact) mass is 185 g/mol. The second-order valence-electron chi connectivity index (χ2n) is 3.50. The van der Waals surface area contributed by atoms with Crippen LogP contribution in [0.15, 0.2) is 0 Å². The molecule has 76 valence electrons. The topological polar surface area (TPSA) is 29.3 Å². The molecule has 1 atom stereocenters. The van der Waals surface area contributed by atoms with Gasteiger partial charge >= 0.3 is 6.09 Å². The van der Waals surface area contributed by atoms with Crippen LogP contribution in [0.5, 0.6) is 0 Å². The van der Waals surface area contributed by atoms with E-state index in [-0.39, 0.29) is 6.09 Å². The molecule has 13 heavy (non-hydrogen) atoms. The van der Waals surface area contributed by atoms with Gasteiger partial charge < -0.3 is 9.64 Å². The molecule has 1 unspecified atom stereocenters. The number of rotatable bonds is 5. The largest absolute Gasteiger partial charge is 0.450 e. The van der Waals surface area contributed by atoms with E-state index >= 15 is 0 Å². The summed E-state index contributed by atoms with van der Waals surface area (Å²) in [5.41, 5.74) is 0. The van der Waals surface area contributed by atoms with Crippen LogP contribution in [0.3, 0.4) is 0 Å². The number of hydrogen-bond donors (Lipinski definition) is 0. The Hall–Kier alpha value is -0.730. The Morgan fingerprint density at radius 3 is 2.85 bits per heavy atom. The maximum atomic E-state index is 11.2. The lowest BCUT2D eigenvalue weighted by atomic mass is 10.2. The zero-order valence-electron chi connectivity index (χ0n) is 8.58. The van der Waals surface area contributed by atoms with Crippen molar-refractivity contribution in [1.29, 1.82) is 0 Å². The molecule has 1 aliphatic rings. The molecule has 3 nitrogen and oxygen atoms in total. The summed E-state index contributed by atoms with van der Waals surface area (Å²) >= 11 is 0. The molecule has 0 aliphatic carbocycles. The lowest BCUT2D eigenvalue weighted by Gasteiger charge is -2.03. The molecule has 0 aromatic carbocycles. The summed E-state index contributed by atoms with van der Waals surface area (Å²) in [7, 11) is 0. The van der Waals surface area contributed by atoms with Gasteiger partial charge in [0.25, 0.3) is 0 Å². The van der Waals surface area contributed by atoms with Crippen LogP contribution in [0.4, 0.5) is 4.79 Å². The maximum Gasteiger partial charge on any atom is 0.410 e. The van der Waals surface area contributed by atoms with Crippen LogP contribution in [-0.4, -0.2) is 30.2 Å². The quantitative estimate of drug-likeness (QED) is 0.486. The van der Waals surface area contributed by atoms with E-state index in [1.807, 2.05) is 6.92 Å². The first-order chi connectivity index (χ1) is 6.29. The highest BCUT2D eigenvalue weighted by Gasteiger charge is 2.38. The third-order valence-electron chi connectivity index (χ3n) is 2.36. The molecular weight excluding hydrogens is 166 g/mol. The maximum absolute atomic E-state index is 11.2. The number of carbonyl (C=O) groups excluding carboxylic acids is 1. The lowest BCUT2D eigenvalue weighted by molar-refractivity contribution is 0.134. The van der Waals surface area contributed by atoms with E-state index in [9.17, 15) is 4.79 Å². The molecule has 1 heterocycles. The Morgan fingerprint density at radius 2 is 2.23 bits per heavy atom. The molecular formula is C10H19NO2. The van der Waals surface area contributed by atoms with Crippen LogP contribution in [0.1, 0.15) is 39.5 Å². The van der Waals surface area contributed by atoms with Gasteiger partial charge in [-0.3, -0.25) is 0 Å². The first-order valence-electron chi connectivity index (χ1n) is 5.23. The zero-order chi connectivity index (χ0) is 9.68. The summed E-state index contributed by atoms with van der Waals surface area (Å²) in [6.45, 7) is 5.42. The van der Waals surface area contributed by atoms with Crippen molar-refractivity contribution < 1.29 is 9.53 Å². The van der Waals surface area contributed by atoms with E-state index in [4.69, 9.17) is 4.74 Å². The minimum Gasteiger partial charge on any atom is -0.450 e. The fraction of sp³-hybridized carbons (Fsp3) is 0.900. The number of ether oxygens (including phenoxy) is 1. The second-order valence-corrected chi connectivity index (χ2v) is 3.50. The molecule has 1 rings (SSSR count). The van der Waals surface area contributed by atoms with Gasteiger partial charge in [-0.2, -0.15) is 0 Å². The van der Waals surface area contributed by atoms with Gasteiger partial charge in [0.05, 0.1) is 12.6 Å².